The van der Waals surface area contributed by atoms with Crippen LogP contribution in [0.15, 0.2) is 48.5 Å². The van der Waals surface area contributed by atoms with Gasteiger partial charge in [0.1, 0.15) is 0 Å². The highest BCUT2D eigenvalue weighted by atomic mass is 16.1. The highest BCUT2D eigenvalue weighted by molar-refractivity contribution is 6.09. The lowest BCUT2D eigenvalue weighted by Gasteiger charge is -2.04. The van der Waals surface area contributed by atoms with Crippen molar-refractivity contribution in [2.45, 2.75) is 6.92 Å². The number of aryl methyl sites for hydroxylation is 1. The minimum Gasteiger partial charge on any atom is -0.399 e. The van der Waals surface area contributed by atoms with E-state index >= 15 is 0 Å². The number of nitrogens with two attached hydrogens (primary N) is 1. The van der Waals surface area contributed by atoms with Crippen LogP contribution in [0.25, 0.3) is 0 Å². The molecule has 0 aliphatic heterocycles. The molecule has 16 heavy (non-hydrogen) atoms. The van der Waals surface area contributed by atoms with Crippen molar-refractivity contribution >= 4 is 11.5 Å². The highest BCUT2D eigenvalue weighted by Gasteiger charge is 2.08. The lowest BCUT2D eigenvalue weighted by Crippen LogP contribution is -2.02. The average Bonchev–Trinajstić information content (AvgIpc) is 2.28. The topological polar surface area (TPSA) is 43.1 Å². The van der Waals surface area contributed by atoms with Crippen LogP contribution in [-0.2, 0) is 0 Å². The second kappa shape index (κ2) is 4.19. The van der Waals surface area contributed by atoms with E-state index in [0.717, 1.165) is 5.56 Å². The van der Waals surface area contributed by atoms with E-state index in [1.807, 2.05) is 37.3 Å². The number of anilines is 1. The van der Waals surface area contributed by atoms with Gasteiger partial charge in [0.25, 0.3) is 0 Å². The lowest BCUT2D eigenvalue weighted by atomic mass is 10.0. The normalized spacial score (nSPS) is 10.1. The highest BCUT2D eigenvalue weighted by Crippen LogP contribution is 2.15. The smallest absolute Gasteiger partial charge is 0.193 e. The number of rotatable bonds is 2. The molecule has 80 valence electrons. The molecule has 0 fully saturated rings. The third-order valence-electron chi connectivity index (χ3n) is 2.40. The van der Waals surface area contributed by atoms with Crippen molar-refractivity contribution in [2.24, 2.45) is 0 Å². The Kier molecular flexibility index (Phi) is 2.73. The molecule has 0 atom stereocenters. The molecule has 0 heterocycles. The van der Waals surface area contributed by atoms with Gasteiger partial charge in [-0.1, -0.05) is 30.3 Å². The third-order valence-corrected chi connectivity index (χ3v) is 2.40. The lowest BCUT2D eigenvalue weighted by molar-refractivity contribution is 0.103. The van der Waals surface area contributed by atoms with E-state index in [0.29, 0.717) is 16.8 Å². The maximum Gasteiger partial charge on any atom is 0.193 e. The fourth-order valence-corrected chi connectivity index (χ4v) is 1.70. The van der Waals surface area contributed by atoms with Crippen LogP contribution in [0.2, 0.25) is 0 Å². The quantitative estimate of drug-likeness (QED) is 0.613. The Hall–Kier alpha value is -2.09. The summed E-state index contributed by atoms with van der Waals surface area (Å²) < 4.78 is 0. The van der Waals surface area contributed by atoms with Crippen LogP contribution in [0.3, 0.4) is 0 Å². The molecule has 2 nitrogen and oxygen atoms in total. The molecular weight excluding hydrogens is 198 g/mol. The summed E-state index contributed by atoms with van der Waals surface area (Å²) in [6.07, 6.45) is 0. The molecule has 0 bridgehead atoms. The Labute approximate surface area is 94.7 Å². The van der Waals surface area contributed by atoms with Crippen LogP contribution in [0.1, 0.15) is 21.5 Å². The average molecular weight is 211 g/mol. The Morgan fingerprint density at radius 3 is 2.31 bits per heavy atom. The molecule has 2 aromatic rings. The first-order valence-electron chi connectivity index (χ1n) is 5.14. The van der Waals surface area contributed by atoms with E-state index in [4.69, 9.17) is 5.73 Å². The van der Waals surface area contributed by atoms with Gasteiger partial charge in [0.05, 0.1) is 0 Å². The van der Waals surface area contributed by atoms with E-state index in [9.17, 15) is 4.79 Å². The van der Waals surface area contributed by atoms with Gasteiger partial charge < -0.3 is 5.73 Å². The van der Waals surface area contributed by atoms with Crippen molar-refractivity contribution in [3.63, 3.8) is 0 Å². The summed E-state index contributed by atoms with van der Waals surface area (Å²) >= 11 is 0. The van der Waals surface area contributed by atoms with E-state index in [1.165, 1.54) is 0 Å². The SMILES string of the molecule is Cc1cc(N)cc(C(=O)c2ccccc2)c1. The van der Waals surface area contributed by atoms with Crippen LogP contribution >= 0.6 is 0 Å². The van der Waals surface area contributed by atoms with Gasteiger partial charge in [-0.25, -0.2) is 0 Å². The minimum atomic E-state index is 0.0102. The van der Waals surface area contributed by atoms with Crippen LogP contribution in [0, 0.1) is 6.92 Å². The fourth-order valence-electron chi connectivity index (χ4n) is 1.70. The Balaban J connectivity index is 2.42. The van der Waals surface area contributed by atoms with Crippen LogP contribution in [0.4, 0.5) is 5.69 Å². The molecule has 0 radical (unpaired) electrons. The zero-order valence-electron chi connectivity index (χ0n) is 9.10. The van der Waals surface area contributed by atoms with Crippen molar-refractivity contribution < 1.29 is 4.79 Å². The molecule has 0 saturated carbocycles. The van der Waals surface area contributed by atoms with Gasteiger partial charge in [-0.3, -0.25) is 4.79 Å². The Morgan fingerprint density at radius 1 is 1.00 bits per heavy atom. The second-order valence-corrected chi connectivity index (χ2v) is 3.83. The second-order valence-electron chi connectivity index (χ2n) is 3.83. The summed E-state index contributed by atoms with van der Waals surface area (Å²) in [5.74, 6) is 0.0102. The number of nitrogen functional groups attached to an aromatic ring is 1. The summed E-state index contributed by atoms with van der Waals surface area (Å²) in [5.41, 5.74) is 8.68. The molecule has 2 heteroatoms. The third kappa shape index (κ3) is 2.11. The van der Waals surface area contributed by atoms with E-state index < -0.39 is 0 Å². The summed E-state index contributed by atoms with van der Waals surface area (Å²) in [4.78, 5) is 12.1. The van der Waals surface area contributed by atoms with Gasteiger partial charge in [0, 0.05) is 16.8 Å². The summed E-state index contributed by atoms with van der Waals surface area (Å²) in [5, 5.41) is 0. The zero-order chi connectivity index (χ0) is 11.5. The molecule has 0 spiro atoms. The van der Waals surface area contributed by atoms with Crippen molar-refractivity contribution in [1.29, 1.82) is 0 Å². The summed E-state index contributed by atoms with van der Waals surface area (Å²) in [6.45, 7) is 1.93. The molecule has 2 aromatic carbocycles. The Bertz CT molecular complexity index is 497. The number of ketones is 1. The molecule has 0 unspecified atom stereocenters. The minimum absolute atomic E-state index is 0.0102. The van der Waals surface area contributed by atoms with Gasteiger partial charge in [0.15, 0.2) is 5.78 Å². The van der Waals surface area contributed by atoms with Crippen molar-refractivity contribution in [2.75, 3.05) is 5.73 Å². The maximum atomic E-state index is 12.1. The molecule has 2 N–H and O–H groups in total. The predicted octanol–water partition coefficient (Wildman–Crippen LogP) is 2.81. The molecule has 0 aliphatic rings. The molecule has 0 aromatic heterocycles. The number of carbonyl (C=O) groups excluding carboxylic acids is 1. The van der Waals surface area contributed by atoms with Crippen LogP contribution in [0.5, 0.6) is 0 Å². The molecular formula is C14H13NO. The molecule has 0 aliphatic carbocycles. The Morgan fingerprint density at radius 2 is 1.69 bits per heavy atom. The first-order chi connectivity index (χ1) is 7.66. The van der Waals surface area contributed by atoms with Gasteiger partial charge in [-0.15, -0.1) is 0 Å². The largest absolute Gasteiger partial charge is 0.399 e. The maximum absolute atomic E-state index is 12.1. The fraction of sp³-hybridized carbons (Fsp3) is 0.0714. The zero-order valence-corrected chi connectivity index (χ0v) is 9.10. The van der Waals surface area contributed by atoms with Gasteiger partial charge in [-0.05, 0) is 30.7 Å². The standard InChI is InChI=1S/C14H13NO/c1-10-7-12(9-13(15)8-10)14(16)11-5-3-2-4-6-11/h2-9H,15H2,1H3. The van der Waals surface area contributed by atoms with Gasteiger partial charge in [0.2, 0.25) is 0 Å². The number of benzene rings is 2. The first kappa shape index (κ1) is 10.4. The van der Waals surface area contributed by atoms with E-state index in [2.05, 4.69) is 0 Å². The monoisotopic (exact) mass is 211 g/mol. The summed E-state index contributed by atoms with van der Waals surface area (Å²) in [6, 6.07) is 14.6. The molecule has 0 amide bonds. The van der Waals surface area contributed by atoms with Gasteiger partial charge >= 0.3 is 0 Å². The van der Waals surface area contributed by atoms with E-state index in [-0.39, 0.29) is 5.78 Å². The van der Waals surface area contributed by atoms with Crippen molar-refractivity contribution in [1.82, 2.24) is 0 Å². The van der Waals surface area contributed by atoms with Crippen molar-refractivity contribution in [3.05, 3.63) is 65.2 Å². The summed E-state index contributed by atoms with van der Waals surface area (Å²) in [7, 11) is 0. The van der Waals surface area contributed by atoms with E-state index in [1.54, 1.807) is 18.2 Å². The molecule has 2 rings (SSSR count). The molecule has 0 saturated heterocycles. The number of hydrogen-bond acceptors (Lipinski definition) is 2. The van der Waals surface area contributed by atoms with Crippen LogP contribution < -0.4 is 5.73 Å². The predicted molar refractivity (Wildman–Crippen MR) is 65.5 cm³/mol. The number of hydrogen-bond donors (Lipinski definition) is 1. The van der Waals surface area contributed by atoms with Crippen LogP contribution in [-0.4, -0.2) is 5.78 Å². The number of carbonyl (C=O) groups is 1. The first-order valence-corrected chi connectivity index (χ1v) is 5.14. The van der Waals surface area contributed by atoms with Gasteiger partial charge in [-0.2, -0.15) is 0 Å². The van der Waals surface area contributed by atoms with Crippen molar-refractivity contribution in [3.8, 4) is 0 Å².